The number of hydrogen-bond donors (Lipinski definition) is 2. The van der Waals surface area contributed by atoms with E-state index in [1.54, 1.807) is 24.3 Å². The van der Waals surface area contributed by atoms with E-state index in [-0.39, 0.29) is 21.9 Å². The Bertz CT molecular complexity index is 886. The van der Waals surface area contributed by atoms with Crippen molar-refractivity contribution < 1.29 is 22.7 Å². The number of anilines is 1. The van der Waals surface area contributed by atoms with Gasteiger partial charge in [-0.05, 0) is 30.3 Å². The molecule has 26 heavy (non-hydrogen) atoms. The first kappa shape index (κ1) is 20.2. The minimum atomic E-state index is -3.97. The maximum atomic E-state index is 12.8. The molecule has 9 heteroatoms. The summed E-state index contributed by atoms with van der Waals surface area (Å²) >= 11 is 3.25. The van der Waals surface area contributed by atoms with Crippen molar-refractivity contribution in [3.8, 4) is 5.75 Å². The Labute approximate surface area is 160 Å². The van der Waals surface area contributed by atoms with Crippen molar-refractivity contribution in [3.05, 3.63) is 52.5 Å². The van der Waals surface area contributed by atoms with E-state index in [1.807, 2.05) is 0 Å². The van der Waals surface area contributed by atoms with Crippen molar-refractivity contribution in [3.63, 3.8) is 0 Å². The molecule has 2 rings (SSSR count). The molecular weight excluding hydrogens is 424 g/mol. The van der Waals surface area contributed by atoms with Crippen LogP contribution in [0.25, 0.3) is 0 Å². The molecule has 140 valence electrons. The highest BCUT2D eigenvalue weighted by Crippen LogP contribution is 2.29. The van der Waals surface area contributed by atoms with Crippen molar-refractivity contribution in [1.29, 1.82) is 0 Å². The first-order chi connectivity index (χ1) is 12.4. The molecule has 0 saturated heterocycles. The van der Waals surface area contributed by atoms with Crippen LogP contribution in [0.3, 0.4) is 0 Å². The standard InChI is InChI=1S/C17H19BrN2O5S/c1-24-10-9-19-17(21)13-5-3-4-6-14(13)20-26(22,23)16-11-12(18)7-8-15(16)25-2/h3-8,11,20H,9-10H2,1-2H3,(H,19,21). The Hall–Kier alpha value is -2.10. The normalized spacial score (nSPS) is 11.0. The summed E-state index contributed by atoms with van der Waals surface area (Å²) in [5.74, 6) is -0.204. The molecule has 1 amide bonds. The van der Waals surface area contributed by atoms with Crippen LogP contribution in [0.1, 0.15) is 10.4 Å². The van der Waals surface area contributed by atoms with Gasteiger partial charge in [-0.3, -0.25) is 9.52 Å². The van der Waals surface area contributed by atoms with E-state index in [1.165, 1.54) is 32.4 Å². The Balaban J connectivity index is 2.33. The lowest BCUT2D eigenvalue weighted by Gasteiger charge is -2.14. The van der Waals surface area contributed by atoms with Gasteiger partial charge in [-0.25, -0.2) is 8.42 Å². The van der Waals surface area contributed by atoms with Gasteiger partial charge in [0.1, 0.15) is 10.6 Å². The van der Waals surface area contributed by atoms with E-state index < -0.39 is 15.9 Å². The minimum Gasteiger partial charge on any atom is -0.495 e. The van der Waals surface area contributed by atoms with Crippen LogP contribution < -0.4 is 14.8 Å². The molecule has 0 heterocycles. The molecule has 0 bridgehead atoms. The van der Waals surface area contributed by atoms with Crippen LogP contribution >= 0.6 is 15.9 Å². The van der Waals surface area contributed by atoms with Crippen LogP contribution in [0.4, 0.5) is 5.69 Å². The van der Waals surface area contributed by atoms with Gasteiger partial charge in [0, 0.05) is 18.1 Å². The van der Waals surface area contributed by atoms with Crippen molar-refractivity contribution in [2.24, 2.45) is 0 Å². The third-order valence-electron chi connectivity index (χ3n) is 3.42. The van der Waals surface area contributed by atoms with Gasteiger partial charge >= 0.3 is 0 Å². The first-order valence-electron chi connectivity index (χ1n) is 7.61. The third kappa shape index (κ3) is 4.96. The van der Waals surface area contributed by atoms with E-state index in [0.29, 0.717) is 17.6 Å². The van der Waals surface area contributed by atoms with Gasteiger partial charge in [0.15, 0.2) is 0 Å². The lowest BCUT2D eigenvalue weighted by molar-refractivity contribution is 0.0938. The second-order valence-electron chi connectivity index (χ2n) is 5.19. The molecule has 0 atom stereocenters. The van der Waals surface area contributed by atoms with Crippen molar-refractivity contribution in [2.45, 2.75) is 4.90 Å². The summed E-state index contributed by atoms with van der Waals surface area (Å²) in [5.41, 5.74) is 0.380. The van der Waals surface area contributed by atoms with E-state index in [2.05, 4.69) is 26.0 Å². The molecule has 2 aromatic carbocycles. The molecule has 0 aliphatic heterocycles. The van der Waals surface area contributed by atoms with Gasteiger partial charge < -0.3 is 14.8 Å². The summed E-state index contributed by atoms with van der Waals surface area (Å²) in [5, 5.41) is 2.67. The number of carbonyl (C=O) groups excluding carboxylic acids is 1. The van der Waals surface area contributed by atoms with Crippen LogP contribution in [-0.4, -0.2) is 41.7 Å². The van der Waals surface area contributed by atoms with E-state index in [0.717, 1.165) is 0 Å². The largest absolute Gasteiger partial charge is 0.495 e. The highest BCUT2D eigenvalue weighted by Gasteiger charge is 2.22. The Kier molecular flexibility index (Phi) is 7.01. The van der Waals surface area contributed by atoms with Crippen molar-refractivity contribution in [1.82, 2.24) is 5.32 Å². The van der Waals surface area contributed by atoms with Crippen molar-refractivity contribution in [2.75, 3.05) is 32.1 Å². The second-order valence-corrected chi connectivity index (χ2v) is 7.76. The number of sulfonamides is 1. The molecule has 7 nitrogen and oxygen atoms in total. The molecule has 0 saturated carbocycles. The number of halogens is 1. The molecule has 2 aromatic rings. The predicted molar refractivity (Wildman–Crippen MR) is 102 cm³/mol. The monoisotopic (exact) mass is 442 g/mol. The number of amides is 1. The number of methoxy groups -OCH3 is 2. The number of carbonyl (C=O) groups is 1. The third-order valence-corrected chi connectivity index (χ3v) is 5.30. The van der Waals surface area contributed by atoms with Crippen LogP contribution in [0.15, 0.2) is 51.8 Å². The molecule has 0 aromatic heterocycles. The van der Waals surface area contributed by atoms with Gasteiger partial charge in [0.05, 0.1) is 25.0 Å². The summed E-state index contributed by atoms with van der Waals surface area (Å²) in [6.07, 6.45) is 0. The molecule has 0 fully saturated rings. The number of hydrogen-bond acceptors (Lipinski definition) is 5. The fourth-order valence-corrected chi connectivity index (χ4v) is 3.98. The fraction of sp³-hybridized carbons (Fsp3) is 0.235. The Morgan fingerprint density at radius 2 is 1.88 bits per heavy atom. The fourth-order valence-electron chi connectivity index (χ4n) is 2.19. The molecular formula is C17H19BrN2O5S. The van der Waals surface area contributed by atoms with Gasteiger partial charge in [0.2, 0.25) is 0 Å². The smallest absolute Gasteiger partial charge is 0.265 e. The maximum absolute atomic E-state index is 12.8. The van der Waals surface area contributed by atoms with Gasteiger partial charge in [0.25, 0.3) is 15.9 Å². The highest BCUT2D eigenvalue weighted by molar-refractivity contribution is 9.10. The summed E-state index contributed by atoms with van der Waals surface area (Å²) in [6.45, 7) is 0.671. The van der Waals surface area contributed by atoms with Crippen LogP contribution in [0.5, 0.6) is 5.75 Å². The number of nitrogens with one attached hydrogen (secondary N) is 2. The zero-order chi connectivity index (χ0) is 19.2. The molecule has 0 aliphatic carbocycles. The molecule has 2 N–H and O–H groups in total. The zero-order valence-corrected chi connectivity index (χ0v) is 16.7. The van der Waals surface area contributed by atoms with E-state index in [9.17, 15) is 13.2 Å². The quantitative estimate of drug-likeness (QED) is 0.612. The maximum Gasteiger partial charge on any atom is 0.265 e. The van der Waals surface area contributed by atoms with Gasteiger partial charge in [-0.2, -0.15) is 0 Å². The average molecular weight is 443 g/mol. The number of ether oxygens (including phenoxy) is 2. The molecule has 0 aliphatic rings. The Morgan fingerprint density at radius 3 is 2.58 bits per heavy atom. The lowest BCUT2D eigenvalue weighted by Crippen LogP contribution is -2.28. The molecule has 0 spiro atoms. The summed E-state index contributed by atoms with van der Waals surface area (Å²) < 4.78 is 38.7. The number of para-hydroxylation sites is 1. The van der Waals surface area contributed by atoms with Crippen LogP contribution in [0, 0.1) is 0 Å². The van der Waals surface area contributed by atoms with E-state index in [4.69, 9.17) is 9.47 Å². The summed E-state index contributed by atoms with van der Waals surface area (Å²) in [4.78, 5) is 12.3. The average Bonchev–Trinajstić information content (AvgIpc) is 2.62. The SMILES string of the molecule is COCCNC(=O)c1ccccc1NS(=O)(=O)c1cc(Br)ccc1OC. The van der Waals surface area contributed by atoms with Crippen LogP contribution in [-0.2, 0) is 14.8 Å². The van der Waals surface area contributed by atoms with Gasteiger partial charge in [-0.1, -0.05) is 28.1 Å². The van der Waals surface area contributed by atoms with Crippen LogP contribution in [0.2, 0.25) is 0 Å². The minimum absolute atomic E-state index is 0.0380. The van der Waals surface area contributed by atoms with Gasteiger partial charge in [-0.15, -0.1) is 0 Å². The summed E-state index contributed by atoms with van der Waals surface area (Å²) in [6, 6.07) is 11.0. The highest BCUT2D eigenvalue weighted by atomic mass is 79.9. The topological polar surface area (TPSA) is 93.7 Å². The predicted octanol–water partition coefficient (Wildman–Crippen LogP) is 2.63. The molecule has 0 radical (unpaired) electrons. The van der Waals surface area contributed by atoms with E-state index >= 15 is 0 Å². The first-order valence-corrected chi connectivity index (χ1v) is 9.89. The lowest BCUT2D eigenvalue weighted by atomic mass is 10.2. The number of benzene rings is 2. The number of rotatable bonds is 8. The second kappa shape index (κ2) is 9.02. The summed E-state index contributed by atoms with van der Waals surface area (Å²) in [7, 11) is -1.05. The Morgan fingerprint density at radius 1 is 1.15 bits per heavy atom. The molecule has 0 unspecified atom stereocenters. The van der Waals surface area contributed by atoms with Crippen molar-refractivity contribution >= 4 is 37.5 Å². The zero-order valence-electron chi connectivity index (χ0n) is 14.3.